The van der Waals surface area contributed by atoms with Crippen molar-refractivity contribution in [2.75, 3.05) is 20.8 Å². The third-order valence-corrected chi connectivity index (χ3v) is 6.85. The lowest BCUT2D eigenvalue weighted by atomic mass is 9.94. The molecule has 0 aliphatic carbocycles. The Kier molecular flexibility index (Phi) is 7.72. The maximum Gasteiger partial charge on any atom is 0.271 e. The number of nitrogens with zero attached hydrogens (tertiary/aromatic N) is 2. The van der Waals surface area contributed by atoms with E-state index in [2.05, 4.69) is 0 Å². The fourth-order valence-electron chi connectivity index (χ4n) is 4.02. The van der Waals surface area contributed by atoms with Gasteiger partial charge in [-0.05, 0) is 67.0 Å². The first-order chi connectivity index (χ1) is 17.8. The second kappa shape index (κ2) is 11.0. The largest absolute Gasteiger partial charge is 0.493 e. The van der Waals surface area contributed by atoms with Gasteiger partial charge in [-0.2, -0.15) is 5.26 Å². The van der Waals surface area contributed by atoms with Crippen LogP contribution in [-0.4, -0.2) is 37.5 Å². The first kappa shape index (κ1) is 26.1. The summed E-state index contributed by atoms with van der Waals surface area (Å²) in [5.74, 6) is 0.795. The molecule has 37 heavy (non-hydrogen) atoms. The average Bonchev–Trinajstić information content (AvgIpc) is 3.36. The summed E-state index contributed by atoms with van der Waals surface area (Å²) >= 11 is 12.4. The number of amides is 2. The van der Waals surface area contributed by atoms with Crippen molar-refractivity contribution in [3.63, 3.8) is 0 Å². The summed E-state index contributed by atoms with van der Waals surface area (Å²) in [5, 5.41) is 10.4. The van der Waals surface area contributed by atoms with E-state index in [-0.39, 0.29) is 17.7 Å². The van der Waals surface area contributed by atoms with Crippen LogP contribution in [-0.2, 0) is 16.0 Å². The summed E-state index contributed by atoms with van der Waals surface area (Å²) < 4.78 is 16.5. The number of benzene rings is 2. The number of furan rings is 1. The summed E-state index contributed by atoms with van der Waals surface area (Å²) in [6.07, 6.45) is 1.88. The molecule has 0 spiro atoms. The predicted molar refractivity (Wildman–Crippen MR) is 140 cm³/mol. The van der Waals surface area contributed by atoms with Crippen LogP contribution in [0, 0.1) is 11.3 Å². The van der Waals surface area contributed by atoms with Gasteiger partial charge in [0.25, 0.3) is 11.8 Å². The molecule has 0 N–H and O–H groups in total. The van der Waals surface area contributed by atoms with Gasteiger partial charge in [-0.1, -0.05) is 35.3 Å². The lowest BCUT2D eigenvalue weighted by molar-refractivity contribution is -0.140. The number of methoxy groups -OCH3 is 2. The Morgan fingerprint density at radius 3 is 2.49 bits per heavy atom. The maximum absolute atomic E-state index is 13.4. The van der Waals surface area contributed by atoms with Crippen molar-refractivity contribution >= 4 is 41.1 Å². The standard InChI is InChI=1S/C28H22Cl2N2O5/c1-16-20(14-18-8-10-23(37-18)19-5-4-6-22(29)26(19)30)27(33)32(28(34)21(16)15-31)12-11-17-7-9-24(35-2)25(13-17)36-3/h4-10,13-14H,11-12H2,1-3H3/b20-14+. The number of carbonyl (C=O) groups excluding carboxylic acids is 2. The zero-order valence-electron chi connectivity index (χ0n) is 20.3. The summed E-state index contributed by atoms with van der Waals surface area (Å²) in [6.45, 7) is 1.65. The van der Waals surface area contributed by atoms with Crippen molar-refractivity contribution in [3.8, 4) is 28.9 Å². The monoisotopic (exact) mass is 536 g/mol. The van der Waals surface area contributed by atoms with Crippen LogP contribution < -0.4 is 9.47 Å². The van der Waals surface area contributed by atoms with E-state index in [0.29, 0.717) is 50.6 Å². The molecule has 4 rings (SSSR count). The van der Waals surface area contributed by atoms with Crippen LogP contribution in [0.15, 0.2) is 69.7 Å². The van der Waals surface area contributed by atoms with Gasteiger partial charge in [0.2, 0.25) is 0 Å². The van der Waals surface area contributed by atoms with Crippen LogP contribution >= 0.6 is 23.2 Å². The van der Waals surface area contributed by atoms with Gasteiger partial charge in [0.15, 0.2) is 11.5 Å². The van der Waals surface area contributed by atoms with E-state index in [1.807, 2.05) is 12.1 Å². The van der Waals surface area contributed by atoms with Gasteiger partial charge in [-0.3, -0.25) is 14.5 Å². The Morgan fingerprint density at radius 2 is 1.78 bits per heavy atom. The highest BCUT2D eigenvalue weighted by Crippen LogP contribution is 2.35. The number of nitriles is 1. The number of imide groups is 1. The third-order valence-electron chi connectivity index (χ3n) is 6.03. The number of hydrogen-bond donors (Lipinski definition) is 0. The van der Waals surface area contributed by atoms with Crippen molar-refractivity contribution in [2.24, 2.45) is 0 Å². The molecule has 1 aliphatic heterocycles. The Hall–Kier alpha value is -3.99. The number of ether oxygens (including phenoxy) is 2. The molecule has 188 valence electrons. The minimum absolute atomic E-state index is 0.0739. The van der Waals surface area contributed by atoms with Gasteiger partial charge in [0, 0.05) is 17.7 Å². The second-order valence-corrected chi connectivity index (χ2v) is 8.96. The fraction of sp³-hybridized carbons (Fsp3) is 0.179. The van der Waals surface area contributed by atoms with Crippen molar-refractivity contribution in [1.82, 2.24) is 4.90 Å². The Morgan fingerprint density at radius 1 is 1.03 bits per heavy atom. The Balaban J connectivity index is 1.64. The SMILES string of the molecule is COc1ccc(CCN2C(=O)C(C#N)=C(C)/C(=C\c3ccc(-c4cccc(Cl)c4Cl)o3)C2=O)cc1OC. The first-order valence-electron chi connectivity index (χ1n) is 11.2. The van der Waals surface area contributed by atoms with Gasteiger partial charge in [-0.25, -0.2) is 0 Å². The van der Waals surface area contributed by atoms with E-state index in [4.69, 9.17) is 37.1 Å². The van der Waals surface area contributed by atoms with Crippen LogP contribution in [0.1, 0.15) is 18.2 Å². The third kappa shape index (κ3) is 5.12. The molecule has 7 nitrogen and oxygen atoms in total. The summed E-state index contributed by atoms with van der Waals surface area (Å²) in [7, 11) is 3.07. The van der Waals surface area contributed by atoms with Crippen LogP contribution in [0.3, 0.4) is 0 Å². The first-order valence-corrected chi connectivity index (χ1v) is 12.0. The lowest BCUT2D eigenvalue weighted by Gasteiger charge is -2.27. The van der Waals surface area contributed by atoms with Gasteiger partial charge < -0.3 is 13.9 Å². The molecule has 3 aromatic rings. The van der Waals surface area contributed by atoms with Crippen molar-refractivity contribution in [3.05, 3.63) is 86.6 Å². The van der Waals surface area contributed by atoms with E-state index in [1.165, 1.54) is 13.2 Å². The molecule has 0 bridgehead atoms. The molecular weight excluding hydrogens is 515 g/mol. The molecule has 0 unspecified atom stereocenters. The van der Waals surface area contributed by atoms with Crippen LogP contribution in [0.4, 0.5) is 0 Å². The number of rotatable bonds is 7. The van der Waals surface area contributed by atoms with E-state index < -0.39 is 11.8 Å². The zero-order valence-corrected chi connectivity index (χ0v) is 21.8. The summed E-state index contributed by atoms with van der Waals surface area (Å²) in [6, 6.07) is 15.9. The number of halogens is 2. The molecule has 1 aromatic heterocycles. The molecule has 0 fully saturated rings. The summed E-state index contributed by atoms with van der Waals surface area (Å²) in [4.78, 5) is 27.5. The predicted octanol–water partition coefficient (Wildman–Crippen LogP) is 6.11. The van der Waals surface area contributed by atoms with Crippen molar-refractivity contribution in [2.45, 2.75) is 13.3 Å². The van der Waals surface area contributed by atoms with E-state index in [0.717, 1.165) is 10.5 Å². The molecular formula is C28H22Cl2N2O5. The molecule has 0 saturated heterocycles. The summed E-state index contributed by atoms with van der Waals surface area (Å²) in [5.41, 5.74) is 1.83. The molecule has 2 heterocycles. The van der Waals surface area contributed by atoms with E-state index in [1.54, 1.807) is 56.5 Å². The minimum atomic E-state index is -0.631. The zero-order chi connectivity index (χ0) is 26.7. The number of carbonyl (C=O) groups is 2. The minimum Gasteiger partial charge on any atom is -0.493 e. The van der Waals surface area contributed by atoms with Crippen molar-refractivity contribution < 1.29 is 23.5 Å². The van der Waals surface area contributed by atoms with Gasteiger partial charge in [0.05, 0.1) is 24.3 Å². The highest BCUT2D eigenvalue weighted by molar-refractivity contribution is 6.43. The number of hydrogen-bond acceptors (Lipinski definition) is 6. The Labute approximate surface area is 224 Å². The topological polar surface area (TPSA) is 92.8 Å². The highest BCUT2D eigenvalue weighted by atomic mass is 35.5. The van der Waals surface area contributed by atoms with Crippen LogP contribution in [0.5, 0.6) is 11.5 Å². The van der Waals surface area contributed by atoms with Gasteiger partial charge in [0.1, 0.15) is 23.2 Å². The molecule has 1 aliphatic rings. The normalized spacial score (nSPS) is 14.8. The molecule has 0 saturated carbocycles. The molecule has 0 radical (unpaired) electrons. The van der Waals surface area contributed by atoms with Crippen LogP contribution in [0.2, 0.25) is 10.0 Å². The molecule has 2 aromatic carbocycles. The average molecular weight is 537 g/mol. The quantitative estimate of drug-likeness (QED) is 0.267. The van der Waals surface area contributed by atoms with Gasteiger partial charge in [-0.15, -0.1) is 0 Å². The van der Waals surface area contributed by atoms with E-state index >= 15 is 0 Å². The smallest absolute Gasteiger partial charge is 0.271 e. The molecule has 2 amide bonds. The second-order valence-electron chi connectivity index (χ2n) is 8.17. The maximum atomic E-state index is 13.4. The molecule has 0 atom stereocenters. The van der Waals surface area contributed by atoms with Gasteiger partial charge >= 0.3 is 0 Å². The van der Waals surface area contributed by atoms with Crippen molar-refractivity contribution in [1.29, 1.82) is 5.26 Å². The highest BCUT2D eigenvalue weighted by Gasteiger charge is 2.35. The molecule has 9 heteroatoms. The lowest BCUT2D eigenvalue weighted by Crippen LogP contribution is -2.43. The van der Waals surface area contributed by atoms with E-state index in [9.17, 15) is 14.9 Å². The fourth-order valence-corrected chi connectivity index (χ4v) is 4.42. The Bertz CT molecular complexity index is 1500. The van der Waals surface area contributed by atoms with Crippen LogP contribution in [0.25, 0.3) is 17.4 Å².